The topological polar surface area (TPSA) is 98.6 Å². The molecule has 0 aliphatic rings. The van der Waals surface area contributed by atoms with Crippen LogP contribution in [0.2, 0.25) is 0 Å². The van der Waals surface area contributed by atoms with Crippen LogP contribution < -0.4 is 10.3 Å². The van der Waals surface area contributed by atoms with Crippen molar-refractivity contribution >= 4 is 11.7 Å². The van der Waals surface area contributed by atoms with Gasteiger partial charge in [-0.15, -0.1) is 0 Å². The first-order chi connectivity index (χ1) is 14.0. The number of hydrogen-bond donors (Lipinski definition) is 1. The predicted molar refractivity (Wildman–Crippen MR) is 109 cm³/mol. The number of aromatic nitrogens is 3. The molecule has 29 heavy (non-hydrogen) atoms. The molecular weight excluding hydrogens is 372 g/mol. The van der Waals surface area contributed by atoms with E-state index < -0.39 is 5.97 Å². The van der Waals surface area contributed by atoms with Crippen LogP contribution in [0.15, 0.2) is 58.6 Å². The van der Waals surface area contributed by atoms with E-state index in [-0.39, 0.29) is 12.0 Å². The van der Waals surface area contributed by atoms with Crippen molar-refractivity contribution in [3.05, 3.63) is 76.0 Å². The number of benzene rings is 1. The van der Waals surface area contributed by atoms with Crippen molar-refractivity contribution in [1.29, 1.82) is 0 Å². The van der Waals surface area contributed by atoms with Gasteiger partial charge in [-0.3, -0.25) is 24.7 Å². The molecule has 1 N–H and O–H groups in total. The molecule has 3 aromatic rings. The highest BCUT2D eigenvalue weighted by Gasteiger charge is 2.20. The molecule has 1 aromatic carbocycles. The average Bonchev–Trinajstić information content (AvgIpc) is 3.08. The normalized spacial score (nSPS) is 11.3. The summed E-state index contributed by atoms with van der Waals surface area (Å²) < 4.78 is 11.3. The smallest absolute Gasteiger partial charge is 0.311 e. The van der Waals surface area contributed by atoms with E-state index in [0.717, 1.165) is 5.56 Å². The SMILES string of the molecule is COC(=O)Cc1[nH]n(-c2ccc(OC)cc2)c(=O)c1C(C)=NCc1cccnc1. The molecule has 0 saturated carbocycles. The van der Waals surface area contributed by atoms with Gasteiger partial charge in [0.1, 0.15) is 5.75 Å². The van der Waals surface area contributed by atoms with E-state index in [1.54, 1.807) is 50.7 Å². The van der Waals surface area contributed by atoms with Gasteiger partial charge in [0.15, 0.2) is 0 Å². The first kappa shape index (κ1) is 20.1. The third-order valence-corrected chi connectivity index (χ3v) is 4.43. The molecule has 150 valence electrons. The van der Waals surface area contributed by atoms with E-state index in [0.29, 0.717) is 35.0 Å². The second kappa shape index (κ2) is 9.01. The van der Waals surface area contributed by atoms with E-state index in [9.17, 15) is 9.59 Å². The van der Waals surface area contributed by atoms with Crippen LogP contribution in [-0.4, -0.2) is 40.7 Å². The van der Waals surface area contributed by atoms with Gasteiger partial charge in [0.2, 0.25) is 0 Å². The van der Waals surface area contributed by atoms with Crippen LogP contribution in [0.3, 0.4) is 0 Å². The Morgan fingerprint density at radius 1 is 1.21 bits per heavy atom. The largest absolute Gasteiger partial charge is 0.497 e. The number of nitrogens with one attached hydrogen (secondary N) is 1. The second-order valence-electron chi connectivity index (χ2n) is 6.32. The monoisotopic (exact) mass is 394 g/mol. The summed E-state index contributed by atoms with van der Waals surface area (Å²) in [5.74, 6) is 0.229. The molecule has 0 saturated heterocycles. The number of esters is 1. The highest BCUT2D eigenvalue weighted by molar-refractivity contribution is 6.00. The summed E-state index contributed by atoms with van der Waals surface area (Å²) in [7, 11) is 2.88. The van der Waals surface area contributed by atoms with Crippen molar-refractivity contribution < 1.29 is 14.3 Å². The number of carbonyl (C=O) groups excluding carboxylic acids is 1. The van der Waals surface area contributed by atoms with Gasteiger partial charge in [-0.2, -0.15) is 0 Å². The lowest BCUT2D eigenvalue weighted by Gasteiger charge is -2.03. The van der Waals surface area contributed by atoms with Gasteiger partial charge < -0.3 is 9.47 Å². The number of methoxy groups -OCH3 is 2. The number of H-pyrrole nitrogens is 1. The molecule has 0 atom stereocenters. The summed E-state index contributed by atoms with van der Waals surface area (Å²) in [4.78, 5) is 33.6. The molecule has 0 radical (unpaired) electrons. The molecule has 0 aliphatic carbocycles. The fraction of sp³-hybridized carbons (Fsp3) is 0.238. The molecule has 0 fully saturated rings. The van der Waals surface area contributed by atoms with Crippen molar-refractivity contribution in [2.24, 2.45) is 4.99 Å². The zero-order valence-corrected chi connectivity index (χ0v) is 16.5. The average molecular weight is 394 g/mol. The van der Waals surface area contributed by atoms with Gasteiger partial charge in [-0.25, -0.2) is 4.68 Å². The molecule has 8 heteroatoms. The number of pyridine rings is 1. The highest BCUT2D eigenvalue weighted by Crippen LogP contribution is 2.15. The van der Waals surface area contributed by atoms with Crippen LogP contribution in [0.4, 0.5) is 0 Å². The predicted octanol–water partition coefficient (Wildman–Crippen LogP) is 2.29. The number of rotatable bonds is 7. The molecule has 0 aliphatic heterocycles. The van der Waals surface area contributed by atoms with E-state index in [1.807, 2.05) is 12.1 Å². The van der Waals surface area contributed by atoms with Gasteiger partial charge in [0.05, 0.1) is 44.1 Å². The van der Waals surface area contributed by atoms with Crippen LogP contribution >= 0.6 is 0 Å². The minimum atomic E-state index is -0.450. The van der Waals surface area contributed by atoms with Gasteiger partial charge in [0.25, 0.3) is 5.56 Å². The lowest BCUT2D eigenvalue weighted by molar-refractivity contribution is -0.139. The lowest BCUT2D eigenvalue weighted by Crippen LogP contribution is -2.20. The van der Waals surface area contributed by atoms with Crippen LogP contribution in [0, 0.1) is 0 Å². The summed E-state index contributed by atoms with van der Waals surface area (Å²) in [5, 5.41) is 3.02. The summed E-state index contributed by atoms with van der Waals surface area (Å²) in [5.41, 5.74) is 2.59. The maximum absolute atomic E-state index is 13.1. The molecule has 2 aromatic heterocycles. The molecule has 0 bridgehead atoms. The number of aromatic amines is 1. The zero-order valence-electron chi connectivity index (χ0n) is 16.5. The summed E-state index contributed by atoms with van der Waals surface area (Å²) in [6.45, 7) is 2.13. The van der Waals surface area contributed by atoms with Crippen LogP contribution in [0.1, 0.15) is 23.7 Å². The van der Waals surface area contributed by atoms with Crippen LogP contribution in [-0.2, 0) is 22.5 Å². The van der Waals surface area contributed by atoms with Crippen LogP contribution in [0.25, 0.3) is 5.69 Å². The number of hydrogen-bond acceptors (Lipinski definition) is 6. The maximum atomic E-state index is 13.1. The summed E-state index contributed by atoms with van der Waals surface area (Å²) in [6.07, 6.45) is 3.34. The van der Waals surface area contributed by atoms with Crippen molar-refractivity contribution in [1.82, 2.24) is 14.8 Å². The Bertz CT molecular complexity index is 1070. The van der Waals surface area contributed by atoms with Crippen molar-refractivity contribution in [2.45, 2.75) is 19.9 Å². The standard InChI is InChI=1S/C21H22N4O4/c1-14(23-13-15-5-4-10-22-12-15)20-18(11-19(26)29-3)24-25(21(20)27)16-6-8-17(28-2)9-7-16/h4-10,12,24H,11,13H2,1-3H3. The van der Waals surface area contributed by atoms with Crippen molar-refractivity contribution in [3.8, 4) is 11.4 Å². The Morgan fingerprint density at radius 3 is 2.59 bits per heavy atom. The lowest BCUT2D eigenvalue weighted by atomic mass is 10.1. The molecule has 3 rings (SSSR count). The fourth-order valence-electron chi connectivity index (χ4n) is 2.89. The molecule has 0 amide bonds. The van der Waals surface area contributed by atoms with Crippen molar-refractivity contribution in [3.63, 3.8) is 0 Å². The Morgan fingerprint density at radius 2 is 1.97 bits per heavy atom. The van der Waals surface area contributed by atoms with Crippen molar-refractivity contribution in [2.75, 3.05) is 14.2 Å². The minimum Gasteiger partial charge on any atom is -0.497 e. The number of nitrogens with zero attached hydrogens (tertiary/aromatic N) is 3. The number of aliphatic imine (C=N–C) groups is 1. The first-order valence-corrected chi connectivity index (χ1v) is 8.99. The van der Waals surface area contributed by atoms with E-state index in [1.165, 1.54) is 11.8 Å². The molecule has 8 nitrogen and oxygen atoms in total. The second-order valence-corrected chi connectivity index (χ2v) is 6.32. The van der Waals surface area contributed by atoms with Gasteiger partial charge in [0, 0.05) is 18.1 Å². The Hall–Kier alpha value is -3.68. The van der Waals surface area contributed by atoms with Gasteiger partial charge in [-0.05, 0) is 42.8 Å². The minimum absolute atomic E-state index is 0.0655. The molecular formula is C21H22N4O4. The van der Waals surface area contributed by atoms with Gasteiger partial charge >= 0.3 is 5.97 Å². The van der Waals surface area contributed by atoms with E-state index in [4.69, 9.17) is 9.47 Å². The highest BCUT2D eigenvalue weighted by atomic mass is 16.5. The van der Waals surface area contributed by atoms with Crippen LogP contribution in [0.5, 0.6) is 5.75 Å². The quantitative estimate of drug-likeness (QED) is 0.490. The van der Waals surface area contributed by atoms with E-state index in [2.05, 4.69) is 15.1 Å². The molecule has 2 heterocycles. The third kappa shape index (κ3) is 4.60. The Balaban J connectivity index is 2.02. The molecule has 0 unspecified atom stereocenters. The summed E-state index contributed by atoms with van der Waals surface area (Å²) >= 11 is 0. The zero-order chi connectivity index (χ0) is 20.8. The summed E-state index contributed by atoms with van der Waals surface area (Å²) in [6, 6.07) is 10.8. The van der Waals surface area contributed by atoms with Gasteiger partial charge in [-0.1, -0.05) is 6.07 Å². The van der Waals surface area contributed by atoms with E-state index >= 15 is 0 Å². The molecule has 0 spiro atoms. The first-order valence-electron chi connectivity index (χ1n) is 8.99. The Labute approximate surface area is 167 Å². The Kier molecular flexibility index (Phi) is 6.23. The fourth-order valence-corrected chi connectivity index (χ4v) is 2.89. The number of carbonyl (C=O) groups is 1. The third-order valence-electron chi connectivity index (χ3n) is 4.43. The number of ether oxygens (including phenoxy) is 2. The maximum Gasteiger partial charge on any atom is 0.311 e.